The lowest BCUT2D eigenvalue weighted by Gasteiger charge is -2.11. The molecule has 158 valence electrons. The summed E-state index contributed by atoms with van der Waals surface area (Å²) in [5.41, 5.74) is 7.36. The van der Waals surface area contributed by atoms with Crippen LogP contribution in [0.3, 0.4) is 0 Å². The van der Waals surface area contributed by atoms with Gasteiger partial charge in [-0.2, -0.15) is 5.10 Å². The van der Waals surface area contributed by atoms with Gasteiger partial charge >= 0.3 is 0 Å². The molecule has 2 amide bonds. The molecule has 0 aliphatic rings. The van der Waals surface area contributed by atoms with Gasteiger partial charge in [-0.1, -0.05) is 0 Å². The summed E-state index contributed by atoms with van der Waals surface area (Å²) in [4.78, 5) is 26.2. The number of nitrogens with two attached hydrogens (primary N) is 1. The maximum absolute atomic E-state index is 12.6. The van der Waals surface area contributed by atoms with Crippen LogP contribution in [0.25, 0.3) is 0 Å². The van der Waals surface area contributed by atoms with Crippen molar-refractivity contribution in [2.24, 2.45) is 5.73 Å². The third-order valence-corrected chi connectivity index (χ3v) is 5.92. The fraction of sp³-hybridized carbons (Fsp3) is 0.250. The summed E-state index contributed by atoms with van der Waals surface area (Å²) in [6, 6.07) is 8.63. The highest BCUT2D eigenvalue weighted by molar-refractivity contribution is 9.10. The predicted molar refractivity (Wildman–Crippen MR) is 120 cm³/mol. The topological polar surface area (TPSA) is 122 Å². The van der Waals surface area contributed by atoms with Gasteiger partial charge in [0.05, 0.1) is 12.7 Å². The van der Waals surface area contributed by atoms with Gasteiger partial charge in [-0.05, 0) is 59.2 Å². The van der Waals surface area contributed by atoms with E-state index in [9.17, 15) is 9.59 Å². The second-order valence-corrected chi connectivity index (χ2v) is 8.37. The van der Waals surface area contributed by atoms with Gasteiger partial charge in [0.25, 0.3) is 11.8 Å². The highest BCUT2D eigenvalue weighted by Gasteiger charge is 2.16. The number of halogens is 1. The monoisotopic (exact) mass is 491 g/mol. The van der Waals surface area contributed by atoms with Crippen molar-refractivity contribution in [3.63, 3.8) is 0 Å². The molecule has 0 saturated heterocycles. The highest BCUT2D eigenvalue weighted by atomic mass is 79.9. The maximum atomic E-state index is 12.6. The van der Waals surface area contributed by atoms with Gasteiger partial charge < -0.3 is 21.1 Å². The molecule has 0 spiro atoms. The van der Waals surface area contributed by atoms with E-state index in [-0.39, 0.29) is 17.5 Å². The number of hydrogen-bond acceptors (Lipinski definition) is 6. The van der Waals surface area contributed by atoms with E-state index in [1.807, 2.05) is 11.4 Å². The largest absolute Gasteiger partial charge is 0.496 e. The number of H-pyrrole nitrogens is 1. The number of methoxy groups -OCH3 is 1. The molecule has 3 rings (SSSR count). The van der Waals surface area contributed by atoms with Crippen molar-refractivity contribution in [1.82, 2.24) is 15.5 Å². The normalized spacial score (nSPS) is 10.6. The van der Waals surface area contributed by atoms with Crippen LogP contribution < -0.4 is 21.1 Å². The number of carbonyl (C=O) groups excluding carboxylic acids is 2. The molecule has 0 radical (unpaired) electrons. The lowest BCUT2D eigenvalue weighted by Crippen LogP contribution is -2.26. The lowest BCUT2D eigenvalue weighted by molar-refractivity contribution is 0.0949. The summed E-state index contributed by atoms with van der Waals surface area (Å²) in [5.74, 6) is -0.243. The van der Waals surface area contributed by atoms with E-state index in [0.29, 0.717) is 42.9 Å². The number of amides is 2. The Hall–Kier alpha value is -2.69. The van der Waals surface area contributed by atoms with Crippen LogP contribution in [-0.4, -0.2) is 42.2 Å². The summed E-state index contributed by atoms with van der Waals surface area (Å²) >= 11 is 5.06. The number of aromatic nitrogens is 2. The molecule has 2 aromatic heterocycles. The smallest absolute Gasteiger partial charge is 0.276 e. The zero-order chi connectivity index (χ0) is 21.5. The van der Waals surface area contributed by atoms with Crippen LogP contribution in [0.1, 0.15) is 37.8 Å². The van der Waals surface area contributed by atoms with Crippen LogP contribution in [0.15, 0.2) is 40.2 Å². The molecule has 0 aliphatic carbocycles. The van der Waals surface area contributed by atoms with E-state index >= 15 is 0 Å². The molecule has 1 aromatic carbocycles. The zero-order valence-corrected chi connectivity index (χ0v) is 18.7. The van der Waals surface area contributed by atoms with Crippen molar-refractivity contribution in [2.75, 3.05) is 25.5 Å². The minimum atomic E-state index is -0.371. The van der Waals surface area contributed by atoms with Gasteiger partial charge in [-0.25, -0.2) is 0 Å². The number of carbonyl (C=O) groups is 2. The number of benzene rings is 1. The van der Waals surface area contributed by atoms with E-state index in [4.69, 9.17) is 10.5 Å². The summed E-state index contributed by atoms with van der Waals surface area (Å²) in [6.07, 6.45) is 1.33. The average molecular weight is 492 g/mol. The number of rotatable bonds is 9. The Morgan fingerprint density at radius 2 is 2.10 bits per heavy atom. The maximum Gasteiger partial charge on any atom is 0.276 e. The van der Waals surface area contributed by atoms with Crippen molar-refractivity contribution < 1.29 is 14.3 Å². The SMILES string of the molecule is COc1ccc(NC(=O)c2cc(Cc3cc(Br)cs3)[nH]n2)cc1C(=O)NCCCN. The number of hydrogen-bond donors (Lipinski definition) is 4. The van der Waals surface area contributed by atoms with Gasteiger partial charge in [0.15, 0.2) is 5.69 Å². The number of nitrogens with zero attached hydrogens (tertiary/aromatic N) is 1. The van der Waals surface area contributed by atoms with Crippen molar-refractivity contribution in [2.45, 2.75) is 12.8 Å². The van der Waals surface area contributed by atoms with Crippen LogP contribution >= 0.6 is 27.3 Å². The van der Waals surface area contributed by atoms with Crippen molar-refractivity contribution in [3.8, 4) is 5.75 Å². The minimum absolute atomic E-state index is 0.269. The molecule has 5 N–H and O–H groups in total. The van der Waals surface area contributed by atoms with Crippen LogP contribution in [0.4, 0.5) is 5.69 Å². The fourth-order valence-corrected chi connectivity index (χ4v) is 4.23. The Kier molecular flexibility index (Phi) is 7.61. The van der Waals surface area contributed by atoms with Crippen LogP contribution in [0, 0.1) is 0 Å². The van der Waals surface area contributed by atoms with Crippen molar-refractivity contribution in [3.05, 3.63) is 62.0 Å². The average Bonchev–Trinajstić information content (AvgIpc) is 3.37. The van der Waals surface area contributed by atoms with Crippen LogP contribution in [-0.2, 0) is 6.42 Å². The Morgan fingerprint density at radius 3 is 2.80 bits per heavy atom. The molecule has 3 aromatic rings. The first-order valence-electron chi connectivity index (χ1n) is 9.25. The molecule has 2 heterocycles. The van der Waals surface area contributed by atoms with Gasteiger partial charge in [-0.15, -0.1) is 11.3 Å². The Labute approximate surface area is 186 Å². The summed E-state index contributed by atoms with van der Waals surface area (Å²) in [5, 5.41) is 14.6. The highest BCUT2D eigenvalue weighted by Crippen LogP contribution is 2.24. The lowest BCUT2D eigenvalue weighted by atomic mass is 10.1. The molecule has 0 bridgehead atoms. The third-order valence-electron chi connectivity index (χ3n) is 4.22. The number of thiophene rings is 1. The first-order valence-corrected chi connectivity index (χ1v) is 10.9. The fourth-order valence-electron chi connectivity index (χ4n) is 2.76. The van der Waals surface area contributed by atoms with E-state index in [1.54, 1.807) is 35.6 Å². The molecule has 0 saturated carbocycles. The molecule has 0 aliphatic heterocycles. The van der Waals surface area contributed by atoms with Crippen LogP contribution in [0.5, 0.6) is 5.75 Å². The molecule has 0 fully saturated rings. The second kappa shape index (κ2) is 10.4. The van der Waals surface area contributed by atoms with Gasteiger partial charge in [0, 0.05) is 39.1 Å². The first kappa shape index (κ1) is 22.0. The Morgan fingerprint density at radius 1 is 1.27 bits per heavy atom. The molecule has 0 atom stereocenters. The van der Waals surface area contributed by atoms with E-state index in [1.165, 1.54) is 7.11 Å². The standard InChI is InChI=1S/C20H22BrN5O3S/c1-29-18-4-3-13(9-16(18)19(27)23-6-2-5-22)24-20(28)17-10-14(25-26-17)8-15-7-12(21)11-30-15/h3-4,7,9-11H,2,5-6,8,22H2,1H3,(H,23,27)(H,24,28)(H,25,26). The van der Waals surface area contributed by atoms with Gasteiger partial charge in [-0.3, -0.25) is 14.7 Å². The molecule has 0 unspecified atom stereocenters. The Balaban J connectivity index is 1.68. The molecular weight excluding hydrogens is 470 g/mol. The molecule has 10 heteroatoms. The number of anilines is 1. The van der Waals surface area contributed by atoms with Gasteiger partial charge in [0.2, 0.25) is 0 Å². The summed E-state index contributed by atoms with van der Waals surface area (Å²) in [6.45, 7) is 0.953. The quantitative estimate of drug-likeness (QED) is 0.342. The number of nitrogens with one attached hydrogen (secondary N) is 3. The van der Waals surface area contributed by atoms with E-state index < -0.39 is 0 Å². The predicted octanol–water partition coefficient (Wildman–Crippen LogP) is 3.16. The van der Waals surface area contributed by atoms with Crippen LogP contribution in [0.2, 0.25) is 0 Å². The number of aromatic amines is 1. The zero-order valence-electron chi connectivity index (χ0n) is 16.3. The number of ether oxygens (including phenoxy) is 1. The molecule has 8 nitrogen and oxygen atoms in total. The van der Waals surface area contributed by atoms with Gasteiger partial charge in [0.1, 0.15) is 5.75 Å². The third kappa shape index (κ3) is 5.68. The molecule has 30 heavy (non-hydrogen) atoms. The second-order valence-electron chi connectivity index (χ2n) is 6.45. The van der Waals surface area contributed by atoms with E-state index in [2.05, 4.69) is 36.8 Å². The van der Waals surface area contributed by atoms with Crippen molar-refractivity contribution >= 4 is 44.8 Å². The van der Waals surface area contributed by atoms with E-state index in [0.717, 1.165) is 15.0 Å². The van der Waals surface area contributed by atoms with Crippen molar-refractivity contribution in [1.29, 1.82) is 0 Å². The molecular formula is C20H22BrN5O3S. The summed E-state index contributed by atoms with van der Waals surface area (Å²) in [7, 11) is 1.49. The minimum Gasteiger partial charge on any atom is -0.496 e. The Bertz CT molecular complexity index is 1030. The summed E-state index contributed by atoms with van der Waals surface area (Å²) < 4.78 is 6.29. The first-order chi connectivity index (χ1) is 14.5.